The van der Waals surface area contributed by atoms with E-state index in [0.29, 0.717) is 35.2 Å². The Labute approximate surface area is 250 Å². The van der Waals surface area contributed by atoms with E-state index < -0.39 is 12.6 Å². The van der Waals surface area contributed by atoms with Gasteiger partial charge >= 0.3 is 5.97 Å². The molecule has 7 nitrogen and oxygen atoms in total. The third kappa shape index (κ3) is 5.11. The molecule has 0 radical (unpaired) electrons. The molecule has 6 rings (SSSR count). The zero-order valence-corrected chi connectivity index (χ0v) is 25.5. The normalized spacial score (nSPS) is 35.3. The standard InChI is InChI=1S/C35H47NO6/c1-20(2)10-8-13-28(38)31-24-16-15-23(22-11-6-5-7-12-22)25(24)18-27-30-21(3)32(41-29(30)14-9-17-36(27)31)34-33(40-4)26(19-37)35(39)42-34/h5-7,11-12,14,20-21,23-25,27-28,30-31,37-38H,8-10,13,15-19H2,1-4H3. The smallest absolute Gasteiger partial charge is 0.345 e. The highest BCUT2D eigenvalue weighted by Gasteiger charge is 2.56. The van der Waals surface area contributed by atoms with Gasteiger partial charge in [-0.25, -0.2) is 4.79 Å². The second-order valence-electron chi connectivity index (χ2n) is 13.4. The van der Waals surface area contributed by atoms with Crippen LogP contribution in [0.2, 0.25) is 0 Å². The van der Waals surface area contributed by atoms with Crippen molar-refractivity contribution in [2.24, 2.45) is 29.6 Å². The highest BCUT2D eigenvalue weighted by molar-refractivity contribution is 5.94. The number of hydrogen-bond acceptors (Lipinski definition) is 7. The summed E-state index contributed by atoms with van der Waals surface area (Å²) in [6.45, 7) is 7.12. The lowest BCUT2D eigenvalue weighted by atomic mass is 9.68. The molecule has 228 valence electrons. The van der Waals surface area contributed by atoms with Gasteiger partial charge in [-0.15, -0.1) is 0 Å². The first kappa shape index (κ1) is 29.5. The van der Waals surface area contributed by atoms with Crippen molar-refractivity contribution in [1.29, 1.82) is 0 Å². The van der Waals surface area contributed by atoms with Gasteiger partial charge in [-0.2, -0.15) is 0 Å². The van der Waals surface area contributed by atoms with E-state index in [4.69, 9.17) is 14.2 Å². The number of cyclic esters (lactones) is 1. The maximum absolute atomic E-state index is 12.5. The first-order chi connectivity index (χ1) is 20.3. The molecular formula is C35H47NO6. The molecule has 5 aliphatic rings. The minimum atomic E-state index is -0.586. The lowest BCUT2D eigenvalue weighted by Crippen LogP contribution is -2.60. The lowest BCUT2D eigenvalue weighted by Gasteiger charge is -2.52. The Kier molecular flexibility index (Phi) is 8.54. The number of ether oxygens (including phenoxy) is 3. The van der Waals surface area contributed by atoms with Crippen LogP contribution in [0.25, 0.3) is 0 Å². The van der Waals surface area contributed by atoms with E-state index >= 15 is 0 Å². The zero-order chi connectivity index (χ0) is 29.5. The van der Waals surface area contributed by atoms with Crippen LogP contribution in [0.5, 0.6) is 0 Å². The molecular weight excluding hydrogens is 530 g/mol. The monoisotopic (exact) mass is 577 g/mol. The number of rotatable bonds is 8. The third-order valence-corrected chi connectivity index (χ3v) is 10.7. The molecule has 8 unspecified atom stereocenters. The number of aliphatic hydroxyl groups is 2. The highest BCUT2D eigenvalue weighted by Crippen LogP contribution is 2.57. The largest absolute Gasteiger partial charge is 0.492 e. The van der Waals surface area contributed by atoms with Crippen LogP contribution in [0, 0.1) is 29.6 Å². The van der Waals surface area contributed by atoms with E-state index in [1.54, 1.807) is 0 Å². The molecule has 1 aromatic rings. The fraction of sp³-hybridized carbons (Fsp3) is 0.629. The van der Waals surface area contributed by atoms with Gasteiger partial charge in [0.2, 0.25) is 5.76 Å². The van der Waals surface area contributed by atoms with Crippen LogP contribution >= 0.6 is 0 Å². The van der Waals surface area contributed by atoms with Crippen LogP contribution in [-0.4, -0.2) is 59.5 Å². The van der Waals surface area contributed by atoms with E-state index in [1.165, 1.54) is 12.7 Å². The summed E-state index contributed by atoms with van der Waals surface area (Å²) >= 11 is 0. The Bertz CT molecular complexity index is 1250. The number of piperidine rings is 1. The van der Waals surface area contributed by atoms with Crippen LogP contribution in [-0.2, 0) is 19.0 Å². The minimum absolute atomic E-state index is 0.0558. The number of esters is 1. The number of carbonyl (C=O) groups is 1. The Morgan fingerprint density at radius 3 is 2.60 bits per heavy atom. The molecule has 1 aliphatic carbocycles. The highest BCUT2D eigenvalue weighted by atomic mass is 16.6. The van der Waals surface area contributed by atoms with Crippen molar-refractivity contribution in [2.75, 3.05) is 20.3 Å². The van der Waals surface area contributed by atoms with Crippen LogP contribution in [0.15, 0.2) is 65.0 Å². The fourth-order valence-electron chi connectivity index (χ4n) is 8.89. The SMILES string of the molecule is COC1=C(CO)C(=O)OC1=C1OC2=CCCN3C(CC4C(c5ccccc5)CCC4C3C(O)CCCC(C)C)C2C1C. The van der Waals surface area contributed by atoms with E-state index in [9.17, 15) is 15.0 Å². The Balaban J connectivity index is 1.36. The van der Waals surface area contributed by atoms with Crippen LogP contribution in [0.1, 0.15) is 77.2 Å². The molecule has 1 aromatic carbocycles. The van der Waals surface area contributed by atoms with Gasteiger partial charge in [0.05, 0.1) is 19.8 Å². The number of fused-ring (bicyclic) bond motifs is 4. The first-order valence-corrected chi connectivity index (χ1v) is 16.0. The van der Waals surface area contributed by atoms with Gasteiger partial charge in [-0.1, -0.05) is 63.9 Å². The topological polar surface area (TPSA) is 88.5 Å². The molecule has 0 bridgehead atoms. The molecule has 7 heteroatoms. The Morgan fingerprint density at radius 1 is 1.10 bits per heavy atom. The number of hydrogen-bond donors (Lipinski definition) is 2. The van der Waals surface area contributed by atoms with E-state index in [-0.39, 0.29) is 41.4 Å². The summed E-state index contributed by atoms with van der Waals surface area (Å²) < 4.78 is 17.7. The second kappa shape index (κ2) is 12.2. The summed E-state index contributed by atoms with van der Waals surface area (Å²) in [6.07, 6.45) is 9.05. The number of carbonyl (C=O) groups excluding carboxylic acids is 1. The molecule has 0 aromatic heterocycles. The van der Waals surface area contributed by atoms with Crippen LogP contribution < -0.4 is 0 Å². The summed E-state index contributed by atoms with van der Waals surface area (Å²) in [5.41, 5.74) is 1.54. The average molecular weight is 578 g/mol. The maximum Gasteiger partial charge on any atom is 0.345 e. The van der Waals surface area contributed by atoms with Gasteiger partial charge in [0, 0.05) is 30.5 Å². The van der Waals surface area contributed by atoms with Gasteiger partial charge < -0.3 is 24.4 Å². The summed E-state index contributed by atoms with van der Waals surface area (Å²) in [7, 11) is 1.49. The van der Waals surface area contributed by atoms with Gasteiger partial charge in [0.1, 0.15) is 11.3 Å². The number of methoxy groups -OCH3 is 1. The average Bonchev–Trinajstić information content (AvgIpc) is 3.60. The van der Waals surface area contributed by atoms with Gasteiger partial charge in [-0.05, 0) is 67.4 Å². The molecule has 4 aliphatic heterocycles. The van der Waals surface area contributed by atoms with E-state index in [2.05, 4.69) is 62.1 Å². The van der Waals surface area contributed by atoms with Crippen molar-refractivity contribution in [1.82, 2.24) is 4.90 Å². The zero-order valence-electron chi connectivity index (χ0n) is 25.5. The summed E-state index contributed by atoms with van der Waals surface area (Å²) in [5.74, 6) is 3.59. The summed E-state index contributed by atoms with van der Waals surface area (Å²) in [6, 6.07) is 11.3. The number of aliphatic hydroxyl groups excluding tert-OH is 2. The third-order valence-electron chi connectivity index (χ3n) is 10.7. The molecule has 3 fully saturated rings. The number of benzene rings is 1. The van der Waals surface area contributed by atoms with E-state index in [0.717, 1.165) is 57.2 Å². The number of allylic oxidation sites excluding steroid dienone is 1. The van der Waals surface area contributed by atoms with Crippen molar-refractivity contribution in [2.45, 2.75) is 89.8 Å². The number of nitrogens with zero attached hydrogens (tertiary/aromatic N) is 1. The second-order valence-corrected chi connectivity index (χ2v) is 13.4. The predicted octanol–water partition coefficient (Wildman–Crippen LogP) is 5.66. The first-order valence-electron chi connectivity index (χ1n) is 16.0. The van der Waals surface area contributed by atoms with E-state index in [1.807, 2.05) is 0 Å². The molecule has 2 N–H and O–H groups in total. The Hall–Kier alpha value is -2.61. The molecule has 8 atom stereocenters. The van der Waals surface area contributed by atoms with Gasteiger partial charge in [0.25, 0.3) is 0 Å². The molecule has 42 heavy (non-hydrogen) atoms. The maximum atomic E-state index is 12.5. The van der Waals surface area contributed by atoms with Crippen molar-refractivity contribution in [3.8, 4) is 0 Å². The van der Waals surface area contributed by atoms with Crippen molar-refractivity contribution >= 4 is 5.97 Å². The van der Waals surface area contributed by atoms with Gasteiger partial charge in [0.15, 0.2) is 11.5 Å². The quantitative estimate of drug-likeness (QED) is 0.386. The molecule has 2 saturated heterocycles. The van der Waals surface area contributed by atoms with Crippen molar-refractivity contribution in [3.63, 3.8) is 0 Å². The predicted molar refractivity (Wildman–Crippen MR) is 160 cm³/mol. The lowest BCUT2D eigenvalue weighted by molar-refractivity contribution is -0.133. The fourth-order valence-corrected chi connectivity index (χ4v) is 8.89. The molecule has 4 heterocycles. The van der Waals surface area contributed by atoms with Crippen LogP contribution in [0.4, 0.5) is 0 Å². The van der Waals surface area contributed by atoms with Crippen LogP contribution in [0.3, 0.4) is 0 Å². The van der Waals surface area contributed by atoms with Gasteiger partial charge in [-0.3, -0.25) is 4.90 Å². The molecule has 0 spiro atoms. The van der Waals surface area contributed by atoms with Crippen molar-refractivity contribution in [3.05, 3.63) is 70.6 Å². The summed E-state index contributed by atoms with van der Waals surface area (Å²) in [4.78, 5) is 15.2. The molecule has 0 amide bonds. The molecule has 1 saturated carbocycles. The summed E-state index contributed by atoms with van der Waals surface area (Å²) in [5, 5.41) is 21.7. The minimum Gasteiger partial charge on any atom is -0.492 e. The Morgan fingerprint density at radius 2 is 1.88 bits per heavy atom. The van der Waals surface area contributed by atoms with Crippen molar-refractivity contribution < 1.29 is 29.2 Å².